The van der Waals surface area contributed by atoms with Crippen molar-refractivity contribution >= 4 is 31.0 Å². The van der Waals surface area contributed by atoms with Gasteiger partial charge in [-0.1, -0.05) is 49.8 Å². The lowest BCUT2D eigenvalue weighted by atomic mass is 9.91. The average Bonchev–Trinajstić information content (AvgIpc) is 2.61. The number of benzene rings is 1. The standard InChI is InChI=1S/C18H24BN3O3/c1-12(2)16(23)20-21-17(24)15(13-6-4-3-5-7-13)14-8-10-22(11-9-14)18(19)25/h3-7,12H,8-11,19H2,1-2H3,(H,20,23)(H,21,24). The lowest BCUT2D eigenvalue weighted by Gasteiger charge is -2.29. The summed E-state index contributed by atoms with van der Waals surface area (Å²) in [5.74, 6) is -0.732. The molecule has 0 aliphatic carbocycles. The van der Waals surface area contributed by atoms with Crippen molar-refractivity contribution in [3.63, 3.8) is 0 Å². The van der Waals surface area contributed by atoms with Gasteiger partial charge in [-0.15, -0.1) is 0 Å². The summed E-state index contributed by atoms with van der Waals surface area (Å²) in [6.45, 7) is 4.73. The van der Waals surface area contributed by atoms with E-state index in [1.807, 2.05) is 30.3 Å². The van der Waals surface area contributed by atoms with E-state index in [1.165, 1.54) is 0 Å². The van der Waals surface area contributed by atoms with Crippen LogP contribution in [0.3, 0.4) is 0 Å². The van der Waals surface area contributed by atoms with Crippen LogP contribution in [0.5, 0.6) is 0 Å². The molecule has 0 atom stereocenters. The number of piperidine rings is 1. The Labute approximate surface area is 149 Å². The predicted octanol–water partition coefficient (Wildman–Crippen LogP) is 1.09. The molecular weight excluding hydrogens is 317 g/mol. The second-order valence-corrected chi connectivity index (χ2v) is 6.45. The lowest BCUT2D eigenvalue weighted by Crippen LogP contribution is -2.44. The van der Waals surface area contributed by atoms with Gasteiger partial charge >= 0.3 is 0 Å². The van der Waals surface area contributed by atoms with E-state index in [2.05, 4.69) is 10.9 Å². The SMILES string of the molecule is BC(=O)N1CCC(=C(C(=O)NNC(=O)C(C)C)c2ccccc2)CC1. The minimum Gasteiger partial charge on any atom is -0.351 e. The highest BCUT2D eigenvalue weighted by Crippen LogP contribution is 2.27. The zero-order chi connectivity index (χ0) is 18.4. The zero-order valence-corrected chi connectivity index (χ0v) is 15.0. The maximum absolute atomic E-state index is 12.7. The summed E-state index contributed by atoms with van der Waals surface area (Å²) in [5, 5.41) is 0. The van der Waals surface area contributed by atoms with Crippen LogP contribution in [0.1, 0.15) is 32.3 Å². The molecule has 0 unspecified atom stereocenters. The summed E-state index contributed by atoms with van der Waals surface area (Å²) in [6.07, 6.45) is 1.30. The first-order valence-electron chi connectivity index (χ1n) is 8.53. The minimum absolute atomic E-state index is 0.0500. The van der Waals surface area contributed by atoms with Crippen molar-refractivity contribution < 1.29 is 14.4 Å². The third kappa shape index (κ3) is 4.95. The molecule has 25 heavy (non-hydrogen) atoms. The topological polar surface area (TPSA) is 78.5 Å². The van der Waals surface area contributed by atoms with Gasteiger partial charge in [-0.05, 0) is 18.4 Å². The summed E-state index contributed by atoms with van der Waals surface area (Å²) < 4.78 is 0. The van der Waals surface area contributed by atoms with Gasteiger partial charge in [0.05, 0.1) is 0 Å². The molecule has 2 N–H and O–H groups in total. The van der Waals surface area contributed by atoms with E-state index in [0.29, 0.717) is 31.5 Å². The number of nitrogens with one attached hydrogen (secondary N) is 2. The Hall–Kier alpha value is -2.57. The van der Waals surface area contributed by atoms with Crippen LogP contribution in [0, 0.1) is 5.92 Å². The van der Waals surface area contributed by atoms with Gasteiger partial charge in [0.2, 0.25) is 13.8 Å². The lowest BCUT2D eigenvalue weighted by molar-refractivity contribution is -0.128. The number of nitrogens with zero attached hydrogens (tertiary/aromatic N) is 1. The Morgan fingerprint density at radius 1 is 1.04 bits per heavy atom. The largest absolute Gasteiger partial charge is 0.351 e. The molecule has 0 radical (unpaired) electrons. The molecular formula is C18H24BN3O3. The van der Waals surface area contributed by atoms with Crippen LogP contribution in [0.25, 0.3) is 5.57 Å². The van der Waals surface area contributed by atoms with Crippen molar-refractivity contribution in [2.75, 3.05) is 13.1 Å². The number of likely N-dealkylation sites (tertiary alicyclic amines) is 1. The fraction of sp³-hybridized carbons (Fsp3) is 0.389. The summed E-state index contributed by atoms with van der Waals surface area (Å²) in [7, 11) is 1.56. The first-order chi connectivity index (χ1) is 11.9. The highest BCUT2D eigenvalue weighted by Gasteiger charge is 2.23. The average molecular weight is 341 g/mol. The summed E-state index contributed by atoms with van der Waals surface area (Å²) in [6, 6.07) is 9.40. The second kappa shape index (κ2) is 8.51. The van der Waals surface area contributed by atoms with E-state index in [1.54, 1.807) is 26.6 Å². The Morgan fingerprint density at radius 3 is 2.16 bits per heavy atom. The fourth-order valence-corrected chi connectivity index (χ4v) is 2.77. The second-order valence-electron chi connectivity index (χ2n) is 6.45. The van der Waals surface area contributed by atoms with Gasteiger partial charge in [-0.2, -0.15) is 0 Å². The number of hydrazine groups is 1. The maximum atomic E-state index is 12.7. The van der Waals surface area contributed by atoms with Crippen molar-refractivity contribution in [1.29, 1.82) is 0 Å². The van der Waals surface area contributed by atoms with Crippen LogP contribution in [0.15, 0.2) is 35.9 Å². The normalized spacial score (nSPS) is 14.2. The van der Waals surface area contributed by atoms with Gasteiger partial charge in [0.1, 0.15) is 0 Å². The quantitative estimate of drug-likeness (QED) is 0.491. The van der Waals surface area contributed by atoms with Gasteiger partial charge in [0, 0.05) is 24.6 Å². The highest BCUT2D eigenvalue weighted by molar-refractivity contribution is 6.56. The van der Waals surface area contributed by atoms with Crippen LogP contribution in [0.4, 0.5) is 4.79 Å². The van der Waals surface area contributed by atoms with Crippen LogP contribution >= 0.6 is 0 Å². The molecule has 1 aromatic rings. The molecule has 1 saturated heterocycles. The van der Waals surface area contributed by atoms with Gasteiger partial charge in [0.25, 0.3) is 5.91 Å². The molecule has 0 aromatic heterocycles. The number of carbonyl (C=O) groups excluding carboxylic acids is 3. The van der Waals surface area contributed by atoms with Gasteiger partial charge in [-0.25, -0.2) is 0 Å². The smallest absolute Gasteiger partial charge is 0.270 e. The Kier molecular flexibility index (Phi) is 6.39. The third-order valence-corrected chi connectivity index (χ3v) is 4.28. The first-order valence-corrected chi connectivity index (χ1v) is 8.53. The molecule has 132 valence electrons. The number of hydrogen-bond donors (Lipinski definition) is 2. The minimum atomic E-state index is -0.327. The summed E-state index contributed by atoms with van der Waals surface area (Å²) in [5.41, 5.74) is 7.36. The summed E-state index contributed by atoms with van der Waals surface area (Å²) in [4.78, 5) is 37.7. The van der Waals surface area contributed by atoms with Crippen molar-refractivity contribution in [1.82, 2.24) is 15.8 Å². The monoisotopic (exact) mass is 341 g/mol. The molecule has 1 fully saturated rings. The predicted molar refractivity (Wildman–Crippen MR) is 99.2 cm³/mol. The number of rotatable bonds is 3. The molecule has 1 heterocycles. The van der Waals surface area contributed by atoms with E-state index in [4.69, 9.17) is 0 Å². The number of hydrogen-bond acceptors (Lipinski definition) is 3. The maximum Gasteiger partial charge on any atom is 0.270 e. The molecule has 0 bridgehead atoms. The highest BCUT2D eigenvalue weighted by atomic mass is 16.2. The molecule has 1 aromatic carbocycles. The Bertz CT molecular complexity index is 676. The van der Waals surface area contributed by atoms with Gasteiger partial charge in [0.15, 0.2) is 5.81 Å². The van der Waals surface area contributed by atoms with Crippen molar-refractivity contribution in [3.8, 4) is 0 Å². The fourth-order valence-electron chi connectivity index (χ4n) is 2.77. The Balaban J connectivity index is 2.23. The molecule has 6 nitrogen and oxygen atoms in total. The van der Waals surface area contributed by atoms with E-state index in [-0.39, 0.29) is 23.5 Å². The molecule has 3 amide bonds. The molecule has 0 spiro atoms. The molecule has 0 saturated carbocycles. The van der Waals surface area contributed by atoms with Crippen LogP contribution in [-0.4, -0.2) is 43.5 Å². The van der Waals surface area contributed by atoms with E-state index >= 15 is 0 Å². The van der Waals surface area contributed by atoms with Crippen LogP contribution in [-0.2, 0) is 9.59 Å². The Morgan fingerprint density at radius 2 is 1.64 bits per heavy atom. The zero-order valence-electron chi connectivity index (χ0n) is 15.0. The van der Waals surface area contributed by atoms with Gasteiger partial charge < -0.3 is 4.90 Å². The van der Waals surface area contributed by atoms with E-state index in [9.17, 15) is 14.4 Å². The molecule has 1 aliphatic rings. The van der Waals surface area contributed by atoms with Crippen LogP contribution in [0.2, 0.25) is 0 Å². The first kappa shape index (κ1) is 18.8. The van der Waals surface area contributed by atoms with Crippen molar-refractivity contribution in [2.45, 2.75) is 26.7 Å². The van der Waals surface area contributed by atoms with Crippen molar-refractivity contribution in [2.24, 2.45) is 5.92 Å². The third-order valence-electron chi connectivity index (χ3n) is 4.28. The van der Waals surface area contributed by atoms with E-state index < -0.39 is 0 Å². The summed E-state index contributed by atoms with van der Waals surface area (Å²) >= 11 is 0. The van der Waals surface area contributed by atoms with Crippen LogP contribution < -0.4 is 10.9 Å². The van der Waals surface area contributed by atoms with E-state index in [0.717, 1.165) is 11.1 Å². The number of carbonyl (C=O) groups is 3. The number of amides is 3. The molecule has 7 heteroatoms. The van der Waals surface area contributed by atoms with Gasteiger partial charge in [-0.3, -0.25) is 25.2 Å². The molecule has 2 rings (SSSR count). The van der Waals surface area contributed by atoms with Crippen molar-refractivity contribution in [3.05, 3.63) is 41.5 Å². The molecule has 1 aliphatic heterocycles.